The van der Waals surface area contributed by atoms with E-state index in [1.54, 1.807) is 15.8 Å². The Labute approximate surface area is 141 Å². The fourth-order valence-corrected chi connectivity index (χ4v) is 2.95. The van der Waals surface area contributed by atoms with Crippen molar-refractivity contribution in [2.75, 3.05) is 6.54 Å². The number of aromatic nitrogens is 3. The average Bonchev–Trinajstić information content (AvgIpc) is 2.93. The first-order valence-electron chi connectivity index (χ1n) is 7.29. The Morgan fingerprint density at radius 3 is 2.70 bits per heavy atom. The molecule has 0 N–H and O–H groups in total. The van der Waals surface area contributed by atoms with Gasteiger partial charge in [0.2, 0.25) is 5.91 Å². The van der Waals surface area contributed by atoms with E-state index in [0.717, 1.165) is 5.56 Å². The Morgan fingerprint density at radius 1 is 1.43 bits per heavy atom. The Hall–Kier alpha value is -2.26. The SMILES string of the molecule is C#CCN(Cc1ccc(C)cc1)C(=O)[C@H](C)Sc1nncn1C. The summed E-state index contributed by atoms with van der Waals surface area (Å²) in [5.74, 6) is 2.56. The first-order valence-corrected chi connectivity index (χ1v) is 8.17. The van der Waals surface area contributed by atoms with Crippen LogP contribution in [0.5, 0.6) is 0 Å². The topological polar surface area (TPSA) is 51.0 Å². The van der Waals surface area contributed by atoms with E-state index in [1.807, 2.05) is 45.2 Å². The van der Waals surface area contributed by atoms with Gasteiger partial charge in [0.05, 0.1) is 11.8 Å². The summed E-state index contributed by atoms with van der Waals surface area (Å²) in [5.41, 5.74) is 2.25. The monoisotopic (exact) mass is 328 g/mol. The Bertz CT molecular complexity index is 702. The van der Waals surface area contributed by atoms with E-state index in [4.69, 9.17) is 6.42 Å². The molecule has 120 valence electrons. The van der Waals surface area contributed by atoms with Crippen LogP contribution in [0.3, 0.4) is 0 Å². The van der Waals surface area contributed by atoms with Crippen LogP contribution in [0.4, 0.5) is 0 Å². The van der Waals surface area contributed by atoms with Crippen molar-refractivity contribution in [2.45, 2.75) is 30.8 Å². The van der Waals surface area contributed by atoms with Crippen LogP contribution in [-0.2, 0) is 18.4 Å². The highest BCUT2D eigenvalue weighted by molar-refractivity contribution is 8.00. The number of carbonyl (C=O) groups is 1. The Morgan fingerprint density at radius 2 is 2.13 bits per heavy atom. The largest absolute Gasteiger partial charge is 0.326 e. The van der Waals surface area contributed by atoms with Crippen LogP contribution >= 0.6 is 11.8 Å². The second kappa shape index (κ2) is 7.84. The molecule has 0 aliphatic rings. The van der Waals surface area contributed by atoms with Crippen molar-refractivity contribution >= 4 is 17.7 Å². The second-order valence-corrected chi connectivity index (χ2v) is 6.68. The van der Waals surface area contributed by atoms with E-state index in [1.165, 1.54) is 17.3 Å². The molecular formula is C17H20N4OS. The highest BCUT2D eigenvalue weighted by atomic mass is 32.2. The van der Waals surface area contributed by atoms with Crippen molar-refractivity contribution in [1.29, 1.82) is 0 Å². The number of aryl methyl sites for hydroxylation is 2. The third-order valence-corrected chi connectivity index (χ3v) is 4.52. The first-order chi connectivity index (χ1) is 11.0. The number of rotatable bonds is 6. The van der Waals surface area contributed by atoms with Crippen LogP contribution in [0, 0.1) is 19.3 Å². The van der Waals surface area contributed by atoms with Crippen LogP contribution in [0.1, 0.15) is 18.1 Å². The van der Waals surface area contributed by atoms with Gasteiger partial charge in [0, 0.05) is 13.6 Å². The van der Waals surface area contributed by atoms with E-state index in [-0.39, 0.29) is 17.7 Å². The molecule has 1 heterocycles. The number of thioether (sulfide) groups is 1. The maximum Gasteiger partial charge on any atom is 0.236 e. The number of nitrogens with zero attached hydrogens (tertiary/aromatic N) is 4. The van der Waals surface area contributed by atoms with Crippen LogP contribution in [-0.4, -0.2) is 37.4 Å². The van der Waals surface area contributed by atoms with E-state index < -0.39 is 0 Å². The molecule has 0 saturated carbocycles. The fraction of sp³-hybridized carbons (Fsp3) is 0.353. The molecule has 5 nitrogen and oxygen atoms in total. The summed E-state index contributed by atoms with van der Waals surface area (Å²) in [6.45, 7) is 4.69. The maximum absolute atomic E-state index is 12.7. The molecule has 0 saturated heterocycles. The number of amides is 1. The number of hydrogen-bond acceptors (Lipinski definition) is 4. The van der Waals surface area contributed by atoms with E-state index in [0.29, 0.717) is 11.7 Å². The highest BCUT2D eigenvalue weighted by Gasteiger charge is 2.22. The van der Waals surface area contributed by atoms with Crippen molar-refractivity contribution in [2.24, 2.45) is 7.05 Å². The zero-order valence-corrected chi connectivity index (χ0v) is 14.4. The Kier molecular flexibility index (Phi) is 5.83. The lowest BCUT2D eigenvalue weighted by Crippen LogP contribution is -2.36. The van der Waals surface area contributed by atoms with Crippen molar-refractivity contribution in [1.82, 2.24) is 19.7 Å². The third kappa shape index (κ3) is 4.60. The summed E-state index contributed by atoms with van der Waals surface area (Å²) < 4.78 is 1.79. The lowest BCUT2D eigenvalue weighted by Gasteiger charge is -2.23. The molecule has 0 fully saturated rings. The van der Waals surface area contributed by atoms with E-state index in [9.17, 15) is 4.79 Å². The van der Waals surface area contributed by atoms with Crippen LogP contribution in [0.15, 0.2) is 35.7 Å². The predicted molar refractivity (Wildman–Crippen MR) is 91.8 cm³/mol. The standard InChI is InChI=1S/C17H20N4OS/c1-5-10-21(11-15-8-6-13(2)7-9-15)16(22)14(3)23-17-19-18-12-20(17)4/h1,6-9,12,14H,10-11H2,2-4H3/t14-/m0/s1. The molecule has 0 bridgehead atoms. The highest BCUT2D eigenvalue weighted by Crippen LogP contribution is 2.22. The minimum absolute atomic E-state index is 0.00322. The van der Waals surface area contributed by atoms with Gasteiger partial charge in [-0.1, -0.05) is 47.5 Å². The molecule has 1 atom stereocenters. The van der Waals surface area contributed by atoms with Gasteiger partial charge in [0.25, 0.3) is 0 Å². The molecule has 0 aliphatic carbocycles. The van der Waals surface area contributed by atoms with Crippen LogP contribution in [0.25, 0.3) is 0 Å². The smallest absolute Gasteiger partial charge is 0.236 e. The van der Waals surface area contributed by atoms with Gasteiger partial charge in [-0.3, -0.25) is 4.79 Å². The quantitative estimate of drug-likeness (QED) is 0.603. The molecule has 0 radical (unpaired) electrons. The van der Waals surface area contributed by atoms with Gasteiger partial charge < -0.3 is 9.47 Å². The Balaban J connectivity index is 2.06. The summed E-state index contributed by atoms with van der Waals surface area (Å²) in [7, 11) is 1.85. The van der Waals surface area contributed by atoms with E-state index >= 15 is 0 Å². The lowest BCUT2D eigenvalue weighted by molar-refractivity contribution is -0.130. The van der Waals surface area contributed by atoms with Crippen molar-refractivity contribution in [3.63, 3.8) is 0 Å². The van der Waals surface area contributed by atoms with E-state index in [2.05, 4.69) is 16.1 Å². The summed E-state index contributed by atoms with van der Waals surface area (Å²) in [4.78, 5) is 14.4. The molecule has 1 aromatic carbocycles. The molecule has 0 unspecified atom stereocenters. The van der Waals surface area contributed by atoms with Gasteiger partial charge in [-0.2, -0.15) is 0 Å². The van der Waals surface area contributed by atoms with Crippen molar-refractivity contribution in [3.8, 4) is 12.3 Å². The molecular weight excluding hydrogens is 308 g/mol. The van der Waals surface area contributed by atoms with Crippen molar-refractivity contribution < 1.29 is 4.79 Å². The molecule has 1 aromatic heterocycles. The van der Waals surface area contributed by atoms with Crippen molar-refractivity contribution in [3.05, 3.63) is 41.7 Å². The number of hydrogen-bond donors (Lipinski definition) is 0. The van der Waals surface area contributed by atoms with Gasteiger partial charge in [0.15, 0.2) is 5.16 Å². The summed E-state index contributed by atoms with van der Waals surface area (Å²) >= 11 is 1.38. The number of benzene rings is 1. The molecule has 1 amide bonds. The normalized spacial score (nSPS) is 11.7. The van der Waals surface area contributed by atoms with Crippen LogP contribution < -0.4 is 0 Å². The lowest BCUT2D eigenvalue weighted by atomic mass is 10.1. The second-order valence-electron chi connectivity index (χ2n) is 5.37. The molecule has 6 heteroatoms. The van der Waals surface area contributed by atoms with Gasteiger partial charge in [0.1, 0.15) is 6.33 Å². The zero-order chi connectivity index (χ0) is 16.8. The molecule has 0 aliphatic heterocycles. The van der Waals surface area contributed by atoms with Gasteiger partial charge in [-0.25, -0.2) is 0 Å². The van der Waals surface area contributed by atoms with Gasteiger partial charge in [-0.15, -0.1) is 16.6 Å². The molecule has 2 aromatic rings. The zero-order valence-electron chi connectivity index (χ0n) is 13.6. The number of terminal acetylenes is 1. The average molecular weight is 328 g/mol. The summed E-state index contributed by atoms with van der Waals surface area (Å²) in [6.07, 6.45) is 7.04. The molecule has 0 spiro atoms. The molecule has 2 rings (SSSR count). The predicted octanol–water partition coefficient (Wildman–Crippen LogP) is 2.27. The van der Waals surface area contributed by atoms with Gasteiger partial charge >= 0.3 is 0 Å². The maximum atomic E-state index is 12.7. The van der Waals surface area contributed by atoms with Crippen LogP contribution in [0.2, 0.25) is 0 Å². The first kappa shape index (κ1) is 17.1. The minimum Gasteiger partial charge on any atom is -0.326 e. The molecule has 23 heavy (non-hydrogen) atoms. The van der Waals surface area contributed by atoms with Gasteiger partial charge in [-0.05, 0) is 19.4 Å². The third-order valence-electron chi connectivity index (χ3n) is 3.39. The number of carbonyl (C=O) groups excluding carboxylic acids is 1. The fourth-order valence-electron chi connectivity index (χ4n) is 2.08. The minimum atomic E-state index is -0.281. The summed E-state index contributed by atoms with van der Waals surface area (Å²) in [5, 5.41) is 8.26. The summed E-state index contributed by atoms with van der Waals surface area (Å²) in [6, 6.07) is 8.11.